The number of hydrogen-bond acceptors (Lipinski definition) is 8. The van der Waals surface area contributed by atoms with Gasteiger partial charge < -0.3 is 24.7 Å². The molecule has 42 heavy (non-hydrogen) atoms. The van der Waals surface area contributed by atoms with Crippen molar-refractivity contribution in [2.24, 2.45) is 0 Å². The normalized spacial score (nSPS) is 17.1. The standard InChI is InChI=1S/C20H22N6O2.2C2HF3O2/c27-20(17-3-1-2-7-21-17)25-8-6-15(13-25)19-22-18-5-4-16(14-26(18)23-19)24-9-11-28-12-10-24;2*3-2(4,5)1(6)7/h1-5,7,14-15H,6,8-13H2;2*(H,6,7). The molecule has 1 amide bonds. The fraction of sp³-hybridized carbons (Fsp3) is 0.417. The number of anilines is 1. The highest BCUT2D eigenvalue weighted by Gasteiger charge is 2.39. The van der Waals surface area contributed by atoms with Crippen molar-refractivity contribution in [3.63, 3.8) is 0 Å². The predicted molar refractivity (Wildman–Crippen MR) is 131 cm³/mol. The fourth-order valence-electron chi connectivity index (χ4n) is 3.88. The van der Waals surface area contributed by atoms with Crippen molar-refractivity contribution < 1.29 is 55.7 Å². The molecule has 2 aliphatic heterocycles. The molecule has 3 aromatic heterocycles. The van der Waals surface area contributed by atoms with E-state index in [1.54, 1.807) is 12.3 Å². The lowest BCUT2D eigenvalue weighted by Crippen LogP contribution is -2.36. The number of halogens is 6. The van der Waals surface area contributed by atoms with Crippen LogP contribution in [0.2, 0.25) is 0 Å². The third-order valence-electron chi connectivity index (χ3n) is 5.92. The molecule has 0 aromatic carbocycles. The Hall–Kier alpha value is -4.48. The van der Waals surface area contributed by atoms with Gasteiger partial charge in [-0.2, -0.15) is 31.4 Å². The summed E-state index contributed by atoms with van der Waals surface area (Å²) in [6, 6.07) is 9.50. The number of alkyl halides is 6. The van der Waals surface area contributed by atoms with Crippen LogP contribution < -0.4 is 4.90 Å². The Kier molecular flexibility index (Phi) is 10.3. The first-order valence-corrected chi connectivity index (χ1v) is 12.2. The number of amides is 1. The number of carbonyl (C=O) groups excluding carboxylic acids is 1. The van der Waals surface area contributed by atoms with Gasteiger partial charge in [-0.15, -0.1) is 0 Å². The van der Waals surface area contributed by atoms with Crippen molar-refractivity contribution in [3.05, 3.63) is 54.2 Å². The molecule has 228 valence electrons. The van der Waals surface area contributed by atoms with Gasteiger partial charge in [0.15, 0.2) is 11.5 Å². The molecular formula is C24H24F6N6O6. The van der Waals surface area contributed by atoms with Gasteiger partial charge in [-0.05, 0) is 30.7 Å². The molecule has 0 bridgehead atoms. The summed E-state index contributed by atoms with van der Waals surface area (Å²) in [7, 11) is 0. The first kappa shape index (κ1) is 32.0. The van der Waals surface area contributed by atoms with Gasteiger partial charge in [0.05, 0.1) is 25.1 Å². The maximum atomic E-state index is 12.6. The largest absolute Gasteiger partial charge is 0.490 e. The number of rotatable bonds is 3. The van der Waals surface area contributed by atoms with E-state index in [1.807, 2.05) is 33.8 Å². The Morgan fingerprint density at radius 1 is 0.905 bits per heavy atom. The average Bonchev–Trinajstić information content (AvgIpc) is 3.60. The number of fused-ring (bicyclic) bond motifs is 1. The van der Waals surface area contributed by atoms with E-state index in [0.717, 1.165) is 49.9 Å². The minimum absolute atomic E-state index is 0.0264. The smallest absolute Gasteiger partial charge is 0.475 e. The summed E-state index contributed by atoms with van der Waals surface area (Å²) in [5.41, 5.74) is 2.45. The van der Waals surface area contributed by atoms with Crippen LogP contribution in [0.1, 0.15) is 28.7 Å². The fourth-order valence-corrected chi connectivity index (χ4v) is 3.88. The van der Waals surface area contributed by atoms with E-state index < -0.39 is 24.3 Å². The number of aromatic nitrogens is 4. The number of carboxylic acid groups (broad SMARTS) is 2. The molecule has 3 aromatic rings. The second-order valence-electron chi connectivity index (χ2n) is 8.82. The molecule has 18 heteroatoms. The van der Waals surface area contributed by atoms with Crippen LogP contribution in [-0.4, -0.2) is 104 Å². The van der Waals surface area contributed by atoms with Crippen LogP contribution in [0, 0.1) is 0 Å². The minimum atomic E-state index is -5.08. The molecule has 2 fully saturated rings. The molecule has 2 saturated heterocycles. The van der Waals surface area contributed by atoms with Crippen LogP contribution in [0.5, 0.6) is 0 Å². The maximum absolute atomic E-state index is 12.6. The number of carboxylic acids is 2. The highest BCUT2D eigenvalue weighted by Crippen LogP contribution is 2.27. The van der Waals surface area contributed by atoms with Crippen molar-refractivity contribution in [1.82, 2.24) is 24.5 Å². The summed E-state index contributed by atoms with van der Waals surface area (Å²) < 4.78 is 70.8. The van der Waals surface area contributed by atoms with Crippen molar-refractivity contribution in [2.45, 2.75) is 24.7 Å². The van der Waals surface area contributed by atoms with Crippen LogP contribution in [0.3, 0.4) is 0 Å². The van der Waals surface area contributed by atoms with Gasteiger partial charge >= 0.3 is 24.3 Å². The van der Waals surface area contributed by atoms with Gasteiger partial charge in [0.2, 0.25) is 0 Å². The van der Waals surface area contributed by atoms with Gasteiger partial charge in [-0.1, -0.05) is 6.07 Å². The lowest BCUT2D eigenvalue weighted by Gasteiger charge is -2.28. The van der Waals surface area contributed by atoms with Crippen molar-refractivity contribution in [3.8, 4) is 0 Å². The molecule has 2 N–H and O–H groups in total. The SMILES string of the molecule is O=C(O)C(F)(F)F.O=C(O)C(F)(F)F.O=C(c1ccccn1)N1CCC(c2nc3ccc(N4CCOCC4)cn3n2)C1. The van der Waals surface area contributed by atoms with E-state index in [2.05, 4.69) is 16.0 Å². The van der Waals surface area contributed by atoms with Gasteiger partial charge in [0, 0.05) is 38.3 Å². The molecule has 1 unspecified atom stereocenters. The molecule has 1 atom stereocenters. The predicted octanol–water partition coefficient (Wildman–Crippen LogP) is 2.86. The molecular weight excluding hydrogens is 582 g/mol. The minimum Gasteiger partial charge on any atom is -0.475 e. The number of carbonyl (C=O) groups is 3. The van der Waals surface area contributed by atoms with E-state index in [0.29, 0.717) is 18.8 Å². The molecule has 0 radical (unpaired) electrons. The quantitative estimate of drug-likeness (QED) is 0.426. The van der Waals surface area contributed by atoms with Crippen LogP contribution >= 0.6 is 0 Å². The lowest BCUT2D eigenvalue weighted by atomic mass is 10.1. The number of aliphatic carboxylic acids is 2. The van der Waals surface area contributed by atoms with Gasteiger partial charge in [-0.3, -0.25) is 9.78 Å². The summed E-state index contributed by atoms with van der Waals surface area (Å²) in [6.45, 7) is 4.61. The molecule has 5 rings (SSSR count). The number of hydrogen-bond donors (Lipinski definition) is 2. The van der Waals surface area contributed by atoms with E-state index in [4.69, 9.17) is 34.6 Å². The highest BCUT2D eigenvalue weighted by atomic mass is 19.4. The zero-order chi connectivity index (χ0) is 31.1. The van der Waals surface area contributed by atoms with E-state index in [1.165, 1.54) is 0 Å². The Morgan fingerprint density at radius 3 is 2.07 bits per heavy atom. The molecule has 12 nitrogen and oxygen atoms in total. The van der Waals surface area contributed by atoms with Crippen LogP contribution in [0.15, 0.2) is 42.7 Å². The Balaban J connectivity index is 0.000000289. The van der Waals surface area contributed by atoms with Gasteiger partial charge in [0.1, 0.15) is 5.69 Å². The number of pyridine rings is 2. The molecule has 0 saturated carbocycles. The highest BCUT2D eigenvalue weighted by molar-refractivity contribution is 5.92. The Labute approximate surface area is 233 Å². The summed E-state index contributed by atoms with van der Waals surface area (Å²) >= 11 is 0. The van der Waals surface area contributed by atoms with E-state index in [-0.39, 0.29) is 11.8 Å². The van der Waals surface area contributed by atoms with E-state index in [9.17, 15) is 31.1 Å². The van der Waals surface area contributed by atoms with Crippen LogP contribution in [0.4, 0.5) is 32.0 Å². The number of ether oxygens (including phenoxy) is 1. The first-order chi connectivity index (χ1) is 19.7. The summed E-state index contributed by atoms with van der Waals surface area (Å²) in [5.74, 6) is -4.59. The van der Waals surface area contributed by atoms with Crippen molar-refractivity contribution in [1.29, 1.82) is 0 Å². The topological polar surface area (TPSA) is 150 Å². The first-order valence-electron chi connectivity index (χ1n) is 12.2. The van der Waals surface area contributed by atoms with E-state index >= 15 is 0 Å². The third-order valence-corrected chi connectivity index (χ3v) is 5.92. The number of likely N-dealkylation sites (tertiary alicyclic amines) is 1. The molecule has 0 spiro atoms. The second-order valence-corrected chi connectivity index (χ2v) is 8.82. The molecule has 0 aliphatic carbocycles. The maximum Gasteiger partial charge on any atom is 0.490 e. The number of nitrogens with zero attached hydrogens (tertiary/aromatic N) is 6. The van der Waals surface area contributed by atoms with Crippen molar-refractivity contribution >= 4 is 29.2 Å². The second kappa shape index (κ2) is 13.5. The molecule has 5 heterocycles. The zero-order valence-corrected chi connectivity index (χ0v) is 21.5. The third kappa shape index (κ3) is 8.76. The Morgan fingerprint density at radius 2 is 1.52 bits per heavy atom. The summed E-state index contributed by atoms with van der Waals surface area (Å²) in [4.78, 5) is 43.4. The summed E-state index contributed by atoms with van der Waals surface area (Å²) in [6.07, 6.45) is -5.62. The summed E-state index contributed by atoms with van der Waals surface area (Å²) in [5, 5.41) is 19.0. The van der Waals surface area contributed by atoms with Crippen LogP contribution in [-0.2, 0) is 14.3 Å². The zero-order valence-electron chi connectivity index (χ0n) is 21.5. The monoisotopic (exact) mass is 606 g/mol. The van der Waals surface area contributed by atoms with Crippen molar-refractivity contribution in [2.75, 3.05) is 44.3 Å². The van der Waals surface area contributed by atoms with Crippen LogP contribution in [0.25, 0.3) is 5.65 Å². The van der Waals surface area contributed by atoms with Gasteiger partial charge in [-0.25, -0.2) is 19.1 Å². The lowest BCUT2D eigenvalue weighted by molar-refractivity contribution is -0.193. The Bertz CT molecular complexity index is 1350. The molecule has 2 aliphatic rings. The van der Waals surface area contributed by atoms with Gasteiger partial charge in [0.25, 0.3) is 5.91 Å². The number of morpholine rings is 1. The average molecular weight is 606 g/mol.